The smallest absolute Gasteiger partial charge is 0.322 e. The third-order valence-electron chi connectivity index (χ3n) is 7.43. The molecule has 48 heavy (non-hydrogen) atoms. The Labute approximate surface area is 286 Å². The number of hydrogen-bond donors (Lipinski definition) is 4. The summed E-state index contributed by atoms with van der Waals surface area (Å²) in [5.74, 6) is -4.67. The molecule has 1 aliphatic rings. The summed E-state index contributed by atoms with van der Waals surface area (Å²) in [5.41, 5.74) is 4.87. The van der Waals surface area contributed by atoms with Crippen LogP contribution in [0.2, 0.25) is 5.02 Å². The van der Waals surface area contributed by atoms with Crippen LogP contribution in [0.4, 0.5) is 20.2 Å². The van der Waals surface area contributed by atoms with Crippen LogP contribution < -0.4 is 21.0 Å². The van der Waals surface area contributed by atoms with Gasteiger partial charge in [-0.2, -0.15) is 16.9 Å². The van der Waals surface area contributed by atoms with E-state index >= 15 is 0 Å². The molecule has 3 aromatic carbocycles. The Morgan fingerprint density at radius 3 is 2.52 bits per heavy atom. The van der Waals surface area contributed by atoms with Gasteiger partial charge in [0, 0.05) is 59.8 Å². The number of benzene rings is 3. The van der Waals surface area contributed by atoms with Crippen molar-refractivity contribution in [1.82, 2.24) is 10.7 Å². The Kier molecular flexibility index (Phi) is 12.9. The zero-order valence-electron chi connectivity index (χ0n) is 26.2. The number of carbonyl (C=O) groups is 4. The second kappa shape index (κ2) is 17.1. The maximum absolute atomic E-state index is 13.9. The first-order valence-electron chi connectivity index (χ1n) is 15.3. The summed E-state index contributed by atoms with van der Waals surface area (Å²) in [4.78, 5) is 51.3. The van der Waals surface area contributed by atoms with Gasteiger partial charge >= 0.3 is 5.97 Å². The molecule has 0 radical (unpaired) electrons. The Morgan fingerprint density at radius 2 is 1.79 bits per heavy atom. The predicted octanol–water partition coefficient (Wildman–Crippen LogP) is 6.28. The highest BCUT2D eigenvalue weighted by molar-refractivity contribution is 7.98. The lowest BCUT2D eigenvalue weighted by Crippen LogP contribution is -2.30. The molecule has 1 aliphatic heterocycles. The van der Waals surface area contributed by atoms with Crippen molar-refractivity contribution >= 4 is 64.6 Å². The van der Waals surface area contributed by atoms with Crippen LogP contribution in [0.1, 0.15) is 70.0 Å². The normalized spacial score (nSPS) is 13.3. The monoisotopic (exact) mass is 699 g/mol. The van der Waals surface area contributed by atoms with E-state index in [0.29, 0.717) is 22.6 Å². The van der Waals surface area contributed by atoms with Gasteiger partial charge in [-0.25, -0.2) is 14.2 Å². The van der Waals surface area contributed by atoms with Gasteiger partial charge in [-0.15, -0.1) is 0 Å². The van der Waals surface area contributed by atoms with Crippen molar-refractivity contribution in [1.29, 1.82) is 0 Å². The lowest BCUT2D eigenvalue weighted by Gasteiger charge is -2.29. The van der Waals surface area contributed by atoms with Crippen molar-refractivity contribution in [2.24, 2.45) is 5.10 Å². The summed E-state index contributed by atoms with van der Waals surface area (Å²) < 4.78 is 27.9. The summed E-state index contributed by atoms with van der Waals surface area (Å²) in [6.45, 7) is 1.99. The molecule has 1 fully saturated rings. The zero-order chi connectivity index (χ0) is 34.7. The van der Waals surface area contributed by atoms with E-state index in [2.05, 4.69) is 26.1 Å². The van der Waals surface area contributed by atoms with Crippen molar-refractivity contribution in [3.05, 3.63) is 93.5 Å². The Balaban J connectivity index is 1.46. The van der Waals surface area contributed by atoms with Crippen LogP contribution in [0.5, 0.6) is 0 Å². The number of rotatable bonds is 14. The fourth-order valence-electron chi connectivity index (χ4n) is 4.98. The minimum Gasteiger partial charge on any atom is -0.480 e. The van der Waals surface area contributed by atoms with Gasteiger partial charge in [0.05, 0.1) is 17.5 Å². The minimum atomic E-state index is -3.16. The van der Waals surface area contributed by atoms with Gasteiger partial charge in [0.15, 0.2) is 0 Å². The van der Waals surface area contributed by atoms with Gasteiger partial charge in [-0.3, -0.25) is 19.2 Å². The number of carbonyl (C=O) groups excluding carboxylic acids is 3. The van der Waals surface area contributed by atoms with Gasteiger partial charge in [-0.1, -0.05) is 29.8 Å². The maximum atomic E-state index is 13.9. The Bertz CT molecular complexity index is 1680. The topological polar surface area (TPSA) is 140 Å². The highest BCUT2D eigenvalue weighted by atomic mass is 35.5. The molecule has 0 aliphatic carbocycles. The average Bonchev–Trinajstić information content (AvgIpc) is 3.06. The molecule has 4 rings (SSSR count). The number of hydrogen-bond acceptors (Lipinski definition) is 7. The molecule has 0 aromatic heterocycles. The van der Waals surface area contributed by atoms with E-state index in [0.717, 1.165) is 50.5 Å². The Morgan fingerprint density at radius 1 is 1.02 bits per heavy atom. The SMILES string of the molecule is CC(F)(F)c1cc(/C=N/NC(=O)c2cc(N3CCCCC3)ccc2NC(=O)c2cccc(CSCCC(=O)NCC(=O)O)c2)ccc1Cl. The van der Waals surface area contributed by atoms with E-state index in [-0.39, 0.29) is 34.2 Å². The second-order valence-corrected chi connectivity index (χ2v) is 12.7. The third-order valence-corrected chi connectivity index (χ3v) is 8.79. The molecule has 4 N–H and O–H groups in total. The van der Waals surface area contributed by atoms with E-state index in [4.69, 9.17) is 16.7 Å². The highest BCUT2D eigenvalue weighted by Crippen LogP contribution is 2.33. The number of anilines is 2. The second-order valence-electron chi connectivity index (χ2n) is 11.2. The van der Waals surface area contributed by atoms with E-state index in [1.807, 2.05) is 12.1 Å². The first-order chi connectivity index (χ1) is 22.9. The van der Waals surface area contributed by atoms with Crippen molar-refractivity contribution in [3.63, 3.8) is 0 Å². The lowest BCUT2D eigenvalue weighted by atomic mass is 10.1. The molecule has 0 atom stereocenters. The maximum Gasteiger partial charge on any atom is 0.322 e. The number of nitrogens with zero attached hydrogens (tertiary/aromatic N) is 2. The molecule has 0 bridgehead atoms. The highest BCUT2D eigenvalue weighted by Gasteiger charge is 2.27. The van der Waals surface area contributed by atoms with Gasteiger partial charge < -0.3 is 20.6 Å². The number of alkyl halides is 2. The van der Waals surface area contributed by atoms with E-state index in [9.17, 15) is 28.0 Å². The van der Waals surface area contributed by atoms with Crippen molar-refractivity contribution < 1.29 is 33.1 Å². The molecule has 0 unspecified atom stereocenters. The number of halogens is 3. The summed E-state index contributed by atoms with van der Waals surface area (Å²) in [6.07, 6.45) is 4.58. The van der Waals surface area contributed by atoms with Crippen LogP contribution in [-0.2, 0) is 21.3 Å². The van der Waals surface area contributed by atoms with Crippen LogP contribution in [0.15, 0.2) is 65.8 Å². The summed E-state index contributed by atoms with van der Waals surface area (Å²) >= 11 is 7.40. The standard InChI is InChI=1S/C34H36ClF2N5O5S/c1-34(36,37)27-17-22(8-10-28(27)35)19-39-41-33(47)26-18-25(42-13-3-2-4-14-42)9-11-29(26)40-32(46)24-7-5-6-23(16-24)21-48-15-12-30(43)38-20-31(44)45/h5-11,16-19H,2-4,12-15,20-21H2,1H3,(H,38,43)(H,40,46)(H,41,47)(H,44,45)/b39-19+. The van der Waals surface area contributed by atoms with Crippen LogP contribution in [0.25, 0.3) is 0 Å². The van der Waals surface area contributed by atoms with E-state index < -0.39 is 30.3 Å². The first-order valence-corrected chi connectivity index (χ1v) is 16.8. The average molecular weight is 700 g/mol. The molecular weight excluding hydrogens is 664 g/mol. The molecule has 0 spiro atoms. The number of thioether (sulfide) groups is 1. The number of piperidine rings is 1. The Hall–Kier alpha value is -4.49. The molecule has 1 heterocycles. The first kappa shape index (κ1) is 36.3. The molecular formula is C34H36ClF2N5O5S. The summed E-state index contributed by atoms with van der Waals surface area (Å²) in [6, 6.07) is 16.2. The molecule has 1 saturated heterocycles. The number of carboxylic acids is 1. The molecule has 3 aromatic rings. The fraction of sp³-hybridized carbons (Fsp3) is 0.324. The van der Waals surface area contributed by atoms with Gasteiger partial charge in [-0.05, 0) is 72.9 Å². The van der Waals surface area contributed by atoms with Crippen molar-refractivity contribution in [3.8, 4) is 0 Å². The minimum absolute atomic E-state index is 0.0816. The van der Waals surface area contributed by atoms with E-state index in [1.54, 1.807) is 30.3 Å². The van der Waals surface area contributed by atoms with Crippen LogP contribution in [0.3, 0.4) is 0 Å². The number of carboxylic acid groups (broad SMARTS) is 1. The largest absolute Gasteiger partial charge is 0.480 e. The van der Waals surface area contributed by atoms with Crippen LogP contribution in [-0.4, -0.2) is 60.4 Å². The predicted molar refractivity (Wildman–Crippen MR) is 184 cm³/mol. The van der Waals surface area contributed by atoms with Crippen LogP contribution in [0, 0.1) is 0 Å². The van der Waals surface area contributed by atoms with E-state index in [1.165, 1.54) is 36.2 Å². The van der Waals surface area contributed by atoms with Crippen molar-refractivity contribution in [2.45, 2.75) is 44.3 Å². The fourth-order valence-corrected chi connectivity index (χ4v) is 6.15. The number of hydrazone groups is 1. The van der Waals surface area contributed by atoms with Gasteiger partial charge in [0.1, 0.15) is 6.54 Å². The van der Waals surface area contributed by atoms with Gasteiger partial charge in [0.25, 0.3) is 17.7 Å². The summed E-state index contributed by atoms with van der Waals surface area (Å²) in [5, 5.41) is 17.7. The zero-order valence-corrected chi connectivity index (χ0v) is 27.8. The molecule has 0 saturated carbocycles. The van der Waals surface area contributed by atoms with Crippen LogP contribution >= 0.6 is 23.4 Å². The van der Waals surface area contributed by atoms with Crippen molar-refractivity contribution in [2.75, 3.05) is 35.6 Å². The molecule has 3 amide bonds. The summed E-state index contributed by atoms with van der Waals surface area (Å²) in [7, 11) is 0. The number of aliphatic carboxylic acids is 1. The molecule has 10 nitrogen and oxygen atoms in total. The number of amides is 3. The quantitative estimate of drug-likeness (QED) is 0.0882. The molecule has 14 heteroatoms. The third kappa shape index (κ3) is 10.8. The van der Waals surface area contributed by atoms with Gasteiger partial charge in [0.2, 0.25) is 5.91 Å². The number of nitrogens with one attached hydrogen (secondary N) is 3. The molecule has 254 valence electrons. The lowest BCUT2D eigenvalue weighted by molar-refractivity contribution is -0.137.